The van der Waals surface area contributed by atoms with Gasteiger partial charge in [-0.25, -0.2) is 9.59 Å². The minimum absolute atomic E-state index is 0.297. The van der Waals surface area contributed by atoms with Crippen molar-refractivity contribution < 1.29 is 19.1 Å². The fraction of sp³-hybridized carbons (Fsp3) is 0.300. The van der Waals surface area contributed by atoms with Crippen molar-refractivity contribution in [3.63, 3.8) is 0 Å². The van der Waals surface area contributed by atoms with E-state index in [0.717, 1.165) is 24.9 Å². The molecule has 1 saturated heterocycles. The zero-order chi connectivity index (χ0) is 17.5. The lowest BCUT2D eigenvalue weighted by Gasteiger charge is -2.25. The van der Waals surface area contributed by atoms with E-state index < -0.39 is 8.07 Å². The molecule has 0 aliphatic carbocycles. The first kappa shape index (κ1) is 17.4. The van der Waals surface area contributed by atoms with Gasteiger partial charge in [-0.2, -0.15) is 0 Å². The maximum absolute atomic E-state index is 12.2. The highest BCUT2D eigenvalue weighted by molar-refractivity contribution is 6.80. The molecule has 0 amide bonds. The Morgan fingerprint density at radius 2 is 1.12 bits per heavy atom. The van der Waals surface area contributed by atoms with E-state index in [1.54, 1.807) is 24.3 Å². The van der Waals surface area contributed by atoms with Gasteiger partial charge in [0.2, 0.25) is 0 Å². The monoisotopic (exact) mass is 354 g/mol. The Morgan fingerprint density at radius 1 is 0.720 bits per heavy atom. The molecule has 2 aromatic carbocycles. The Balaban J connectivity index is 1.58. The summed E-state index contributed by atoms with van der Waals surface area (Å²) in [5, 5.41) is 0. The minimum atomic E-state index is -1.91. The average molecular weight is 354 g/mol. The van der Waals surface area contributed by atoms with Crippen LogP contribution in [0, 0.1) is 0 Å². The van der Waals surface area contributed by atoms with E-state index in [0.29, 0.717) is 23.6 Å². The first-order valence-corrected chi connectivity index (χ1v) is 11.5. The normalized spacial score (nSPS) is 15.5. The highest BCUT2D eigenvalue weighted by Gasteiger charge is 2.40. The van der Waals surface area contributed by atoms with Gasteiger partial charge in [-0.1, -0.05) is 61.3 Å². The van der Waals surface area contributed by atoms with Crippen molar-refractivity contribution in [2.24, 2.45) is 0 Å². The van der Waals surface area contributed by atoms with E-state index in [-0.39, 0.29) is 11.9 Å². The predicted octanol–water partition coefficient (Wildman–Crippen LogP) is 4.02. The van der Waals surface area contributed by atoms with E-state index in [1.165, 1.54) is 0 Å². The summed E-state index contributed by atoms with van der Waals surface area (Å²) in [6.07, 6.45) is 3.08. The molecule has 130 valence electrons. The molecule has 0 saturated carbocycles. The van der Waals surface area contributed by atoms with Crippen molar-refractivity contribution in [1.82, 2.24) is 0 Å². The quantitative estimate of drug-likeness (QED) is 0.581. The molecule has 4 nitrogen and oxygen atoms in total. The molecule has 1 aliphatic rings. The smallest absolute Gasteiger partial charge is 0.337 e. The number of hydrogen-bond acceptors (Lipinski definition) is 4. The van der Waals surface area contributed by atoms with Gasteiger partial charge in [0.05, 0.1) is 23.6 Å². The van der Waals surface area contributed by atoms with E-state index in [9.17, 15) is 9.59 Å². The topological polar surface area (TPSA) is 52.6 Å². The van der Waals surface area contributed by atoms with Crippen LogP contribution in [0.4, 0.5) is 0 Å². The van der Waals surface area contributed by atoms with Gasteiger partial charge in [0.15, 0.2) is 0 Å². The number of hydrogen-bond donors (Lipinski definition) is 0. The van der Waals surface area contributed by atoms with Crippen LogP contribution in [-0.4, -0.2) is 32.5 Å². The van der Waals surface area contributed by atoms with Crippen LogP contribution in [0.5, 0.6) is 0 Å². The summed E-state index contributed by atoms with van der Waals surface area (Å²) in [6, 6.07) is 20.1. The SMILES string of the molecule is O=C(OC[Si]1(COC(=O)c2ccccc2)CCCC1)c1ccccc1. The van der Waals surface area contributed by atoms with E-state index in [2.05, 4.69) is 0 Å². The van der Waals surface area contributed by atoms with E-state index >= 15 is 0 Å². The molecule has 25 heavy (non-hydrogen) atoms. The first-order valence-electron chi connectivity index (χ1n) is 8.63. The molecule has 2 aromatic rings. The summed E-state index contributed by atoms with van der Waals surface area (Å²) in [5.41, 5.74) is 1.12. The van der Waals surface area contributed by atoms with E-state index in [1.807, 2.05) is 36.4 Å². The van der Waals surface area contributed by atoms with Crippen LogP contribution in [0.2, 0.25) is 12.1 Å². The Kier molecular flexibility index (Phi) is 5.66. The second-order valence-electron chi connectivity index (χ2n) is 6.59. The second-order valence-corrected chi connectivity index (χ2v) is 11.2. The fourth-order valence-electron chi connectivity index (χ4n) is 3.21. The number of ether oxygens (including phenoxy) is 2. The molecular formula is C20H22O4Si. The summed E-state index contributed by atoms with van der Waals surface area (Å²) in [4.78, 5) is 24.4. The van der Waals surface area contributed by atoms with Crippen LogP contribution in [-0.2, 0) is 9.47 Å². The van der Waals surface area contributed by atoms with Gasteiger partial charge in [-0.15, -0.1) is 0 Å². The average Bonchev–Trinajstić information content (AvgIpc) is 3.15. The third-order valence-electron chi connectivity index (χ3n) is 4.70. The van der Waals surface area contributed by atoms with Crippen LogP contribution >= 0.6 is 0 Å². The predicted molar refractivity (Wildman–Crippen MR) is 98.1 cm³/mol. The zero-order valence-corrected chi connectivity index (χ0v) is 15.1. The van der Waals surface area contributed by atoms with Gasteiger partial charge in [-0.05, 0) is 24.3 Å². The van der Waals surface area contributed by atoms with Crippen LogP contribution < -0.4 is 0 Å². The first-order chi connectivity index (χ1) is 12.2. The summed E-state index contributed by atoms with van der Waals surface area (Å²) >= 11 is 0. The Hall–Kier alpha value is -2.40. The summed E-state index contributed by atoms with van der Waals surface area (Å²) in [6.45, 7) is 0. The van der Waals surface area contributed by atoms with Crippen LogP contribution in [0.3, 0.4) is 0 Å². The number of esters is 2. The van der Waals surface area contributed by atoms with Gasteiger partial charge in [-0.3, -0.25) is 0 Å². The Morgan fingerprint density at radius 3 is 1.52 bits per heavy atom. The molecular weight excluding hydrogens is 332 g/mol. The molecule has 3 rings (SSSR count). The van der Waals surface area contributed by atoms with Crippen molar-refractivity contribution in [3.8, 4) is 0 Å². The molecule has 0 spiro atoms. The van der Waals surface area contributed by atoms with Crippen molar-refractivity contribution >= 4 is 20.0 Å². The minimum Gasteiger partial charge on any atom is -0.466 e. The highest BCUT2D eigenvalue weighted by Crippen LogP contribution is 2.31. The summed E-state index contributed by atoms with van der Waals surface area (Å²) in [7, 11) is -1.91. The number of carbonyl (C=O) groups is 2. The third-order valence-corrected chi connectivity index (χ3v) is 9.04. The third kappa shape index (κ3) is 4.57. The number of benzene rings is 2. The maximum Gasteiger partial charge on any atom is 0.337 e. The van der Waals surface area contributed by atoms with Crippen LogP contribution in [0.15, 0.2) is 60.7 Å². The maximum atomic E-state index is 12.2. The molecule has 1 heterocycles. The van der Waals surface area contributed by atoms with Gasteiger partial charge in [0.1, 0.15) is 8.07 Å². The highest BCUT2D eigenvalue weighted by atomic mass is 28.3. The second kappa shape index (κ2) is 8.12. The lowest BCUT2D eigenvalue weighted by molar-refractivity contribution is 0.0533. The molecule has 1 fully saturated rings. The van der Waals surface area contributed by atoms with Crippen molar-refractivity contribution in [2.45, 2.75) is 24.9 Å². The molecule has 0 bridgehead atoms. The number of rotatable bonds is 6. The van der Waals surface area contributed by atoms with Crippen LogP contribution in [0.25, 0.3) is 0 Å². The molecule has 0 unspecified atom stereocenters. The van der Waals surface area contributed by atoms with Crippen LogP contribution in [0.1, 0.15) is 33.6 Å². The Labute approximate surface area is 148 Å². The summed E-state index contributed by atoms with van der Waals surface area (Å²) in [5.74, 6) is -0.595. The molecule has 0 radical (unpaired) electrons. The van der Waals surface area contributed by atoms with Gasteiger partial charge in [0, 0.05) is 0 Å². The van der Waals surface area contributed by atoms with Gasteiger partial charge >= 0.3 is 11.9 Å². The van der Waals surface area contributed by atoms with Gasteiger partial charge in [0.25, 0.3) is 0 Å². The molecule has 0 N–H and O–H groups in total. The molecule has 1 aliphatic heterocycles. The van der Waals surface area contributed by atoms with Crippen molar-refractivity contribution in [2.75, 3.05) is 12.5 Å². The van der Waals surface area contributed by atoms with Crippen molar-refractivity contribution in [1.29, 1.82) is 0 Å². The molecule has 0 aromatic heterocycles. The lowest BCUT2D eigenvalue weighted by atomic mass is 10.2. The zero-order valence-electron chi connectivity index (χ0n) is 14.1. The van der Waals surface area contributed by atoms with E-state index in [4.69, 9.17) is 9.47 Å². The lowest BCUT2D eigenvalue weighted by Crippen LogP contribution is -2.44. The summed E-state index contributed by atoms with van der Waals surface area (Å²) < 4.78 is 11.2. The Bertz CT molecular complexity index is 651. The number of carbonyl (C=O) groups excluding carboxylic acids is 2. The largest absolute Gasteiger partial charge is 0.466 e. The standard InChI is InChI=1S/C20H22O4Si/c21-19(17-9-3-1-4-10-17)23-15-25(13-7-8-14-25)16-24-20(22)18-11-5-2-6-12-18/h1-6,9-12H,7-8,13-16H2. The van der Waals surface area contributed by atoms with Gasteiger partial charge < -0.3 is 9.47 Å². The molecule has 0 atom stereocenters. The molecule has 5 heteroatoms. The van der Waals surface area contributed by atoms with Crippen molar-refractivity contribution in [3.05, 3.63) is 71.8 Å². The fourth-order valence-corrected chi connectivity index (χ4v) is 6.99.